The highest BCUT2D eigenvalue weighted by Gasteiger charge is 2.24. The predicted molar refractivity (Wildman–Crippen MR) is 83.7 cm³/mol. The van der Waals surface area contributed by atoms with E-state index in [9.17, 15) is 4.39 Å². The largest absolute Gasteiger partial charge is 0.494 e. The Hall–Kier alpha value is -1.46. The van der Waals surface area contributed by atoms with Crippen molar-refractivity contribution < 1.29 is 9.13 Å². The Morgan fingerprint density at radius 1 is 1.48 bits per heavy atom. The van der Waals surface area contributed by atoms with Crippen LogP contribution in [0.15, 0.2) is 18.2 Å². The molecule has 1 aromatic carbocycles. The average molecular weight is 306 g/mol. The Morgan fingerprint density at radius 3 is 3.10 bits per heavy atom. The molecular formula is C16H19FN2OS. The lowest BCUT2D eigenvalue weighted by molar-refractivity contribution is 0.387. The van der Waals surface area contributed by atoms with Crippen molar-refractivity contribution in [1.29, 1.82) is 0 Å². The first-order valence-electron chi connectivity index (χ1n) is 7.21. The van der Waals surface area contributed by atoms with Gasteiger partial charge in [0.15, 0.2) is 11.6 Å². The fourth-order valence-electron chi connectivity index (χ4n) is 2.87. The second-order valence-corrected chi connectivity index (χ2v) is 6.41. The summed E-state index contributed by atoms with van der Waals surface area (Å²) in [7, 11) is 3.46. The van der Waals surface area contributed by atoms with Crippen LogP contribution < -0.4 is 10.1 Å². The molecule has 1 heterocycles. The van der Waals surface area contributed by atoms with Gasteiger partial charge < -0.3 is 10.1 Å². The Kier molecular flexibility index (Phi) is 4.22. The predicted octanol–water partition coefficient (Wildman–Crippen LogP) is 3.60. The topological polar surface area (TPSA) is 34.1 Å². The van der Waals surface area contributed by atoms with Crippen LogP contribution in [0, 0.1) is 5.82 Å². The third-order valence-electron chi connectivity index (χ3n) is 3.92. The molecule has 3 nitrogen and oxygen atoms in total. The number of ether oxygens (including phenoxy) is 1. The molecule has 1 aliphatic carbocycles. The third-order valence-corrected chi connectivity index (χ3v) is 5.10. The van der Waals surface area contributed by atoms with Crippen LogP contribution in [0.25, 0.3) is 10.6 Å². The smallest absolute Gasteiger partial charge is 0.165 e. The van der Waals surface area contributed by atoms with Crippen molar-refractivity contribution in [2.45, 2.75) is 25.2 Å². The summed E-state index contributed by atoms with van der Waals surface area (Å²) >= 11 is 1.73. The van der Waals surface area contributed by atoms with Gasteiger partial charge in [-0.3, -0.25) is 0 Å². The van der Waals surface area contributed by atoms with Crippen molar-refractivity contribution in [3.8, 4) is 16.3 Å². The fourth-order valence-corrected chi connectivity index (χ4v) is 4.05. The summed E-state index contributed by atoms with van der Waals surface area (Å²) in [5, 5.41) is 4.21. The molecule has 3 rings (SSSR count). The maximum atomic E-state index is 13.5. The summed E-state index contributed by atoms with van der Waals surface area (Å²) in [5.41, 5.74) is 2.15. The van der Waals surface area contributed by atoms with Crippen LogP contribution in [0.3, 0.4) is 0 Å². The van der Waals surface area contributed by atoms with Crippen LogP contribution >= 0.6 is 11.3 Å². The van der Waals surface area contributed by atoms with Crippen molar-refractivity contribution >= 4 is 11.3 Å². The highest BCUT2D eigenvalue weighted by molar-refractivity contribution is 7.15. The molecule has 1 aromatic heterocycles. The number of methoxy groups -OCH3 is 1. The van der Waals surface area contributed by atoms with Gasteiger partial charge in [0, 0.05) is 22.9 Å². The van der Waals surface area contributed by atoms with Crippen LogP contribution in [-0.2, 0) is 6.42 Å². The lowest BCUT2D eigenvalue weighted by Gasteiger charge is -2.20. The molecule has 1 unspecified atom stereocenters. The van der Waals surface area contributed by atoms with Crippen LogP contribution in [0.2, 0.25) is 0 Å². The fraction of sp³-hybridized carbons (Fsp3) is 0.438. The van der Waals surface area contributed by atoms with Crippen molar-refractivity contribution in [1.82, 2.24) is 10.3 Å². The molecule has 0 radical (unpaired) electrons. The van der Waals surface area contributed by atoms with Gasteiger partial charge in [-0.2, -0.15) is 0 Å². The first-order chi connectivity index (χ1) is 10.2. The first-order valence-corrected chi connectivity index (χ1v) is 8.02. The number of nitrogens with one attached hydrogen (secondary N) is 1. The Bertz CT molecular complexity index is 641. The molecular weight excluding hydrogens is 287 g/mol. The van der Waals surface area contributed by atoms with E-state index >= 15 is 0 Å². The number of hydrogen-bond acceptors (Lipinski definition) is 4. The SMILES string of the molecule is CNCC1CCCc2sc(-c3ccc(F)c(OC)c3)nc21. The number of thiazole rings is 1. The van der Waals surface area contributed by atoms with Gasteiger partial charge in [0.1, 0.15) is 5.01 Å². The standard InChI is InChI=1S/C16H19FN2OS/c1-18-9-11-4-3-5-14-15(11)19-16(21-14)10-6-7-12(17)13(8-10)20-2/h6-8,11,18H,3-5,9H2,1-2H3. The Balaban J connectivity index is 1.97. The maximum Gasteiger partial charge on any atom is 0.165 e. The van der Waals surface area contributed by atoms with E-state index in [0.717, 1.165) is 23.5 Å². The molecule has 1 atom stereocenters. The number of aromatic nitrogens is 1. The molecule has 112 valence electrons. The molecule has 0 aliphatic heterocycles. The molecule has 0 spiro atoms. The lowest BCUT2D eigenvalue weighted by Crippen LogP contribution is -2.20. The number of halogens is 1. The van der Waals surface area contributed by atoms with Gasteiger partial charge in [-0.1, -0.05) is 0 Å². The number of aryl methyl sites for hydroxylation is 1. The van der Waals surface area contributed by atoms with Gasteiger partial charge in [0.2, 0.25) is 0 Å². The number of rotatable bonds is 4. The summed E-state index contributed by atoms with van der Waals surface area (Å²) in [6, 6.07) is 4.95. The third kappa shape index (κ3) is 2.80. The van der Waals surface area contributed by atoms with Gasteiger partial charge >= 0.3 is 0 Å². The van der Waals surface area contributed by atoms with Crippen LogP contribution in [0.5, 0.6) is 5.75 Å². The van der Waals surface area contributed by atoms with Gasteiger partial charge in [-0.05, 0) is 44.5 Å². The highest BCUT2D eigenvalue weighted by atomic mass is 32.1. The Morgan fingerprint density at radius 2 is 2.33 bits per heavy atom. The summed E-state index contributed by atoms with van der Waals surface area (Å²) in [6.45, 7) is 0.961. The van der Waals surface area contributed by atoms with E-state index in [-0.39, 0.29) is 11.6 Å². The van der Waals surface area contributed by atoms with Gasteiger partial charge in [-0.25, -0.2) is 9.37 Å². The van der Waals surface area contributed by atoms with E-state index in [1.54, 1.807) is 23.5 Å². The van der Waals surface area contributed by atoms with Gasteiger partial charge in [0.25, 0.3) is 0 Å². The molecule has 0 amide bonds. The number of benzene rings is 1. The first kappa shape index (κ1) is 14.5. The zero-order valence-corrected chi connectivity index (χ0v) is 13.1. The van der Waals surface area contributed by atoms with E-state index in [2.05, 4.69) is 5.32 Å². The maximum absolute atomic E-state index is 13.5. The second kappa shape index (κ2) is 6.12. The minimum absolute atomic E-state index is 0.271. The molecule has 1 aliphatic rings. The molecule has 0 saturated carbocycles. The molecule has 0 saturated heterocycles. The zero-order chi connectivity index (χ0) is 14.8. The monoisotopic (exact) mass is 306 g/mol. The molecule has 21 heavy (non-hydrogen) atoms. The number of hydrogen-bond donors (Lipinski definition) is 1. The van der Waals surface area contributed by atoms with Gasteiger partial charge in [0.05, 0.1) is 12.8 Å². The van der Waals surface area contributed by atoms with Crippen molar-refractivity contribution in [3.63, 3.8) is 0 Å². The van der Waals surface area contributed by atoms with E-state index < -0.39 is 0 Å². The summed E-state index contributed by atoms with van der Waals surface area (Å²) < 4.78 is 18.6. The molecule has 5 heteroatoms. The Labute approximate surface area is 128 Å². The van der Waals surface area contributed by atoms with E-state index in [1.807, 2.05) is 7.05 Å². The van der Waals surface area contributed by atoms with E-state index in [1.165, 1.54) is 36.6 Å². The molecule has 0 bridgehead atoms. The van der Waals surface area contributed by atoms with Crippen molar-refractivity contribution in [3.05, 3.63) is 34.6 Å². The molecule has 1 N–H and O–H groups in total. The number of likely N-dealkylation sites (N-methyl/N-ethyl adjacent to an activating group) is 1. The lowest BCUT2D eigenvalue weighted by atomic mass is 9.91. The summed E-state index contributed by atoms with van der Waals surface area (Å²) in [6.07, 6.45) is 3.50. The van der Waals surface area contributed by atoms with Crippen molar-refractivity contribution in [2.75, 3.05) is 20.7 Å². The van der Waals surface area contributed by atoms with Crippen molar-refractivity contribution in [2.24, 2.45) is 0 Å². The van der Waals surface area contributed by atoms with Gasteiger partial charge in [-0.15, -0.1) is 11.3 Å². The van der Waals surface area contributed by atoms with Crippen LogP contribution in [0.4, 0.5) is 4.39 Å². The number of fused-ring (bicyclic) bond motifs is 1. The summed E-state index contributed by atoms with van der Waals surface area (Å²) in [5.74, 6) is 0.425. The molecule has 0 fully saturated rings. The second-order valence-electron chi connectivity index (χ2n) is 5.32. The zero-order valence-electron chi connectivity index (χ0n) is 12.3. The van der Waals surface area contributed by atoms with Crippen LogP contribution in [-0.4, -0.2) is 25.7 Å². The minimum atomic E-state index is -0.337. The quantitative estimate of drug-likeness (QED) is 0.937. The van der Waals surface area contributed by atoms with E-state index in [0.29, 0.717) is 5.92 Å². The summed E-state index contributed by atoms with van der Waals surface area (Å²) in [4.78, 5) is 6.20. The minimum Gasteiger partial charge on any atom is -0.494 e. The van der Waals surface area contributed by atoms with Crippen LogP contribution in [0.1, 0.15) is 29.3 Å². The number of nitrogens with zero attached hydrogens (tertiary/aromatic N) is 1. The highest BCUT2D eigenvalue weighted by Crippen LogP contribution is 2.38. The normalized spacial score (nSPS) is 17.6. The van der Waals surface area contributed by atoms with E-state index in [4.69, 9.17) is 9.72 Å². The average Bonchev–Trinajstić information content (AvgIpc) is 2.93. The molecule has 2 aromatic rings.